The predicted molar refractivity (Wildman–Crippen MR) is 88.2 cm³/mol. The number of aliphatic hydroxyl groups excluding tert-OH is 1. The SMILES string of the molecule is CCN(CC(O)c1ccccc1F)C(C)c1ccc(C#N)cc1. The third-order valence-corrected chi connectivity index (χ3v) is 4.15. The molecule has 0 radical (unpaired) electrons. The van der Waals surface area contributed by atoms with Crippen molar-refractivity contribution in [2.24, 2.45) is 0 Å². The lowest BCUT2D eigenvalue weighted by Gasteiger charge is -2.30. The number of nitriles is 1. The van der Waals surface area contributed by atoms with E-state index < -0.39 is 6.10 Å². The molecule has 0 aliphatic rings. The van der Waals surface area contributed by atoms with Crippen molar-refractivity contribution in [2.45, 2.75) is 26.0 Å². The summed E-state index contributed by atoms with van der Waals surface area (Å²) >= 11 is 0. The van der Waals surface area contributed by atoms with Crippen LogP contribution < -0.4 is 0 Å². The quantitative estimate of drug-likeness (QED) is 0.882. The fourth-order valence-electron chi connectivity index (χ4n) is 2.67. The first-order valence-corrected chi connectivity index (χ1v) is 7.73. The van der Waals surface area contributed by atoms with Crippen LogP contribution in [0.1, 0.15) is 42.7 Å². The standard InChI is InChI=1S/C19H21FN2O/c1-3-22(13-19(23)17-6-4-5-7-18(17)20)14(2)16-10-8-15(12-21)9-11-16/h4-11,14,19,23H,3,13H2,1-2H3. The van der Waals surface area contributed by atoms with E-state index in [4.69, 9.17) is 5.26 Å². The Balaban J connectivity index is 2.12. The summed E-state index contributed by atoms with van der Waals surface area (Å²) in [6.45, 7) is 5.12. The van der Waals surface area contributed by atoms with E-state index in [-0.39, 0.29) is 11.9 Å². The molecule has 0 bridgehead atoms. The second kappa shape index (κ2) is 7.87. The molecule has 120 valence electrons. The van der Waals surface area contributed by atoms with E-state index in [0.717, 1.165) is 12.1 Å². The van der Waals surface area contributed by atoms with E-state index in [1.807, 2.05) is 26.0 Å². The lowest BCUT2D eigenvalue weighted by atomic mass is 10.0. The van der Waals surface area contributed by atoms with Gasteiger partial charge in [0, 0.05) is 18.2 Å². The molecule has 0 heterocycles. The number of rotatable bonds is 6. The molecule has 2 rings (SSSR count). The minimum absolute atomic E-state index is 0.0640. The molecule has 1 N–H and O–H groups in total. The summed E-state index contributed by atoms with van der Waals surface area (Å²) in [4.78, 5) is 2.08. The lowest BCUT2D eigenvalue weighted by Crippen LogP contribution is -2.31. The van der Waals surface area contributed by atoms with Crippen LogP contribution in [-0.4, -0.2) is 23.1 Å². The van der Waals surface area contributed by atoms with Gasteiger partial charge in [0.1, 0.15) is 5.82 Å². The Morgan fingerprint density at radius 1 is 1.17 bits per heavy atom. The van der Waals surface area contributed by atoms with Crippen molar-refractivity contribution in [1.29, 1.82) is 5.26 Å². The van der Waals surface area contributed by atoms with Crippen LogP contribution in [0, 0.1) is 17.1 Å². The summed E-state index contributed by atoms with van der Waals surface area (Å²) in [6.07, 6.45) is -0.878. The molecule has 3 nitrogen and oxygen atoms in total. The average molecular weight is 312 g/mol. The minimum Gasteiger partial charge on any atom is -0.387 e. The molecule has 0 saturated carbocycles. The second-order valence-corrected chi connectivity index (χ2v) is 5.53. The zero-order valence-electron chi connectivity index (χ0n) is 13.4. The molecule has 23 heavy (non-hydrogen) atoms. The van der Waals surface area contributed by atoms with Crippen molar-refractivity contribution < 1.29 is 9.50 Å². The molecular weight excluding hydrogens is 291 g/mol. The minimum atomic E-state index is -0.878. The van der Waals surface area contributed by atoms with Gasteiger partial charge in [-0.05, 0) is 37.2 Å². The van der Waals surface area contributed by atoms with Crippen LogP contribution in [0.25, 0.3) is 0 Å². The Morgan fingerprint density at radius 3 is 2.39 bits per heavy atom. The Kier molecular flexibility index (Phi) is 5.86. The van der Waals surface area contributed by atoms with E-state index in [1.54, 1.807) is 30.3 Å². The van der Waals surface area contributed by atoms with Crippen LogP contribution in [0.15, 0.2) is 48.5 Å². The van der Waals surface area contributed by atoms with Gasteiger partial charge in [0.15, 0.2) is 0 Å². The molecule has 2 unspecified atom stereocenters. The van der Waals surface area contributed by atoms with Crippen molar-refractivity contribution in [3.8, 4) is 6.07 Å². The molecule has 2 aromatic rings. The van der Waals surface area contributed by atoms with Crippen molar-refractivity contribution >= 4 is 0 Å². The lowest BCUT2D eigenvalue weighted by molar-refractivity contribution is 0.0921. The number of nitrogens with zero attached hydrogens (tertiary/aromatic N) is 2. The number of likely N-dealkylation sites (N-methyl/N-ethyl adjacent to an activating group) is 1. The highest BCUT2D eigenvalue weighted by Crippen LogP contribution is 2.24. The summed E-state index contributed by atoms with van der Waals surface area (Å²) < 4.78 is 13.8. The van der Waals surface area contributed by atoms with Gasteiger partial charge in [-0.3, -0.25) is 4.90 Å². The molecule has 0 aliphatic heterocycles. The monoisotopic (exact) mass is 312 g/mol. The Labute approximate surface area is 136 Å². The van der Waals surface area contributed by atoms with Gasteiger partial charge in [0.2, 0.25) is 0 Å². The maximum absolute atomic E-state index is 13.8. The van der Waals surface area contributed by atoms with Crippen molar-refractivity contribution in [1.82, 2.24) is 4.90 Å². The zero-order chi connectivity index (χ0) is 16.8. The first-order valence-electron chi connectivity index (χ1n) is 7.73. The number of hydrogen-bond donors (Lipinski definition) is 1. The molecule has 2 aromatic carbocycles. The smallest absolute Gasteiger partial charge is 0.129 e. The molecule has 0 fully saturated rings. The molecule has 0 spiro atoms. The highest BCUT2D eigenvalue weighted by molar-refractivity contribution is 5.32. The van der Waals surface area contributed by atoms with Gasteiger partial charge in [-0.2, -0.15) is 5.26 Å². The van der Waals surface area contributed by atoms with Crippen LogP contribution in [0.2, 0.25) is 0 Å². The Hall–Kier alpha value is -2.22. The van der Waals surface area contributed by atoms with Gasteiger partial charge >= 0.3 is 0 Å². The maximum Gasteiger partial charge on any atom is 0.129 e. The van der Waals surface area contributed by atoms with Crippen LogP contribution in [0.3, 0.4) is 0 Å². The van der Waals surface area contributed by atoms with Crippen LogP contribution in [0.4, 0.5) is 4.39 Å². The van der Waals surface area contributed by atoms with Gasteiger partial charge in [-0.25, -0.2) is 4.39 Å². The van der Waals surface area contributed by atoms with Gasteiger partial charge in [-0.1, -0.05) is 37.3 Å². The normalized spacial score (nSPS) is 13.6. The summed E-state index contributed by atoms with van der Waals surface area (Å²) in [7, 11) is 0. The molecular formula is C19H21FN2O. The third kappa shape index (κ3) is 4.16. The number of halogens is 1. The van der Waals surface area contributed by atoms with Crippen LogP contribution in [0.5, 0.6) is 0 Å². The summed E-state index contributed by atoms with van der Waals surface area (Å²) in [5, 5.41) is 19.2. The zero-order valence-corrected chi connectivity index (χ0v) is 13.4. The van der Waals surface area contributed by atoms with Gasteiger partial charge in [0.05, 0.1) is 17.7 Å². The van der Waals surface area contributed by atoms with E-state index in [1.165, 1.54) is 6.07 Å². The fourth-order valence-corrected chi connectivity index (χ4v) is 2.67. The van der Waals surface area contributed by atoms with Gasteiger partial charge in [-0.15, -0.1) is 0 Å². The number of aliphatic hydroxyl groups is 1. The summed E-state index contributed by atoms with van der Waals surface area (Å²) in [5.41, 5.74) is 2.00. The molecule has 0 aliphatic carbocycles. The highest BCUT2D eigenvalue weighted by Gasteiger charge is 2.20. The molecule has 0 saturated heterocycles. The molecule has 0 amide bonds. The molecule has 0 aromatic heterocycles. The van der Waals surface area contributed by atoms with Crippen LogP contribution >= 0.6 is 0 Å². The van der Waals surface area contributed by atoms with Crippen molar-refractivity contribution in [3.63, 3.8) is 0 Å². The fraction of sp³-hybridized carbons (Fsp3) is 0.316. The Bertz CT molecular complexity index is 679. The highest BCUT2D eigenvalue weighted by atomic mass is 19.1. The summed E-state index contributed by atoms with van der Waals surface area (Å²) in [6, 6.07) is 15.9. The second-order valence-electron chi connectivity index (χ2n) is 5.53. The number of benzene rings is 2. The predicted octanol–water partition coefficient (Wildman–Crippen LogP) is 3.81. The average Bonchev–Trinajstić information content (AvgIpc) is 2.59. The van der Waals surface area contributed by atoms with Crippen LogP contribution in [-0.2, 0) is 0 Å². The molecule has 4 heteroatoms. The molecule has 2 atom stereocenters. The van der Waals surface area contributed by atoms with E-state index in [2.05, 4.69) is 11.0 Å². The summed E-state index contributed by atoms with van der Waals surface area (Å²) in [5.74, 6) is -0.387. The first kappa shape index (κ1) is 17.1. The van der Waals surface area contributed by atoms with Crippen molar-refractivity contribution in [3.05, 3.63) is 71.0 Å². The van der Waals surface area contributed by atoms with E-state index in [0.29, 0.717) is 17.7 Å². The topological polar surface area (TPSA) is 47.3 Å². The van der Waals surface area contributed by atoms with E-state index in [9.17, 15) is 9.50 Å². The Morgan fingerprint density at radius 2 is 1.83 bits per heavy atom. The van der Waals surface area contributed by atoms with Crippen molar-refractivity contribution in [2.75, 3.05) is 13.1 Å². The maximum atomic E-state index is 13.8. The van der Waals surface area contributed by atoms with Gasteiger partial charge in [0.25, 0.3) is 0 Å². The van der Waals surface area contributed by atoms with E-state index >= 15 is 0 Å². The number of hydrogen-bond acceptors (Lipinski definition) is 3. The first-order chi connectivity index (χ1) is 11.1. The van der Waals surface area contributed by atoms with Gasteiger partial charge < -0.3 is 5.11 Å². The third-order valence-electron chi connectivity index (χ3n) is 4.15. The largest absolute Gasteiger partial charge is 0.387 e.